The molecule has 1 aromatic heterocycles. The van der Waals surface area contributed by atoms with Crippen molar-refractivity contribution in [1.82, 2.24) is 10.6 Å². The molecule has 0 fully saturated rings. The van der Waals surface area contributed by atoms with Crippen molar-refractivity contribution in [2.24, 2.45) is 0 Å². The molecule has 0 saturated heterocycles. The lowest BCUT2D eigenvalue weighted by atomic mass is 10.2. The van der Waals surface area contributed by atoms with Gasteiger partial charge in [-0.05, 0) is 32.0 Å². The standard InChI is InChI=1S/C14H24N2O2/c1-3-4-5-6-9-15-12(2)14(17)16-11-13-8-7-10-18-13/h7-8,10,12,15H,3-6,9,11H2,1-2H3,(H,16,17)/t12-/m1/s1. The molecular formula is C14H24N2O2. The van der Waals surface area contributed by atoms with Crippen LogP contribution in [0.25, 0.3) is 0 Å². The number of nitrogens with one attached hydrogen (secondary N) is 2. The number of carbonyl (C=O) groups is 1. The lowest BCUT2D eigenvalue weighted by Gasteiger charge is -2.13. The van der Waals surface area contributed by atoms with Crippen molar-refractivity contribution in [1.29, 1.82) is 0 Å². The third-order valence-electron chi connectivity index (χ3n) is 2.89. The van der Waals surface area contributed by atoms with E-state index in [1.54, 1.807) is 6.26 Å². The van der Waals surface area contributed by atoms with Crippen molar-refractivity contribution in [3.63, 3.8) is 0 Å². The van der Waals surface area contributed by atoms with Crippen LogP contribution in [0.4, 0.5) is 0 Å². The zero-order valence-electron chi connectivity index (χ0n) is 11.4. The summed E-state index contributed by atoms with van der Waals surface area (Å²) in [6, 6.07) is 3.52. The average Bonchev–Trinajstić information content (AvgIpc) is 2.88. The van der Waals surface area contributed by atoms with E-state index >= 15 is 0 Å². The second kappa shape index (κ2) is 8.75. The summed E-state index contributed by atoms with van der Waals surface area (Å²) in [6.45, 7) is 5.43. The number of hydrogen-bond donors (Lipinski definition) is 2. The van der Waals surface area contributed by atoms with E-state index in [2.05, 4.69) is 17.6 Å². The van der Waals surface area contributed by atoms with Crippen LogP contribution >= 0.6 is 0 Å². The first-order valence-corrected chi connectivity index (χ1v) is 6.77. The number of hydrogen-bond acceptors (Lipinski definition) is 3. The zero-order valence-corrected chi connectivity index (χ0v) is 11.4. The summed E-state index contributed by atoms with van der Waals surface area (Å²) in [4.78, 5) is 11.7. The van der Waals surface area contributed by atoms with Crippen LogP contribution in [0.1, 0.15) is 45.3 Å². The van der Waals surface area contributed by atoms with Gasteiger partial charge in [0.25, 0.3) is 0 Å². The van der Waals surface area contributed by atoms with Gasteiger partial charge in [0.15, 0.2) is 0 Å². The predicted octanol–water partition coefficient (Wildman–Crippen LogP) is 2.45. The molecule has 1 heterocycles. The van der Waals surface area contributed by atoms with Crippen LogP contribution in [-0.2, 0) is 11.3 Å². The fourth-order valence-corrected chi connectivity index (χ4v) is 1.70. The van der Waals surface area contributed by atoms with Gasteiger partial charge in [0.05, 0.1) is 18.8 Å². The minimum Gasteiger partial charge on any atom is -0.467 e. The molecule has 102 valence electrons. The van der Waals surface area contributed by atoms with E-state index < -0.39 is 0 Å². The molecule has 0 radical (unpaired) electrons. The van der Waals surface area contributed by atoms with Gasteiger partial charge in [0, 0.05) is 0 Å². The maximum Gasteiger partial charge on any atom is 0.237 e. The first-order chi connectivity index (χ1) is 8.74. The molecule has 0 aromatic carbocycles. The number of carbonyl (C=O) groups excluding carboxylic acids is 1. The summed E-state index contributed by atoms with van der Waals surface area (Å²) in [7, 11) is 0. The van der Waals surface area contributed by atoms with Crippen LogP contribution in [0.2, 0.25) is 0 Å². The largest absolute Gasteiger partial charge is 0.467 e. The van der Waals surface area contributed by atoms with Gasteiger partial charge in [-0.3, -0.25) is 4.79 Å². The van der Waals surface area contributed by atoms with Crippen LogP contribution < -0.4 is 10.6 Å². The summed E-state index contributed by atoms with van der Waals surface area (Å²) >= 11 is 0. The highest BCUT2D eigenvalue weighted by Gasteiger charge is 2.11. The molecule has 1 aromatic rings. The highest BCUT2D eigenvalue weighted by molar-refractivity contribution is 5.81. The fourth-order valence-electron chi connectivity index (χ4n) is 1.70. The van der Waals surface area contributed by atoms with Crippen molar-refractivity contribution in [2.75, 3.05) is 6.54 Å². The van der Waals surface area contributed by atoms with Gasteiger partial charge in [0.1, 0.15) is 5.76 Å². The van der Waals surface area contributed by atoms with Crippen molar-refractivity contribution in [2.45, 2.75) is 52.1 Å². The summed E-state index contributed by atoms with van der Waals surface area (Å²) < 4.78 is 5.15. The molecule has 4 heteroatoms. The third-order valence-corrected chi connectivity index (χ3v) is 2.89. The zero-order chi connectivity index (χ0) is 13.2. The van der Waals surface area contributed by atoms with Gasteiger partial charge in [0.2, 0.25) is 5.91 Å². The van der Waals surface area contributed by atoms with Gasteiger partial charge in [-0.15, -0.1) is 0 Å². The molecule has 0 saturated carbocycles. The fraction of sp³-hybridized carbons (Fsp3) is 0.643. The van der Waals surface area contributed by atoms with Crippen molar-refractivity contribution >= 4 is 5.91 Å². The molecule has 0 aliphatic heterocycles. The highest BCUT2D eigenvalue weighted by atomic mass is 16.3. The number of amides is 1. The minimum absolute atomic E-state index is 0.0156. The van der Waals surface area contributed by atoms with Gasteiger partial charge >= 0.3 is 0 Å². The Morgan fingerprint density at radius 3 is 2.89 bits per heavy atom. The van der Waals surface area contributed by atoms with Crippen LogP contribution in [0.3, 0.4) is 0 Å². The maximum atomic E-state index is 11.7. The quantitative estimate of drug-likeness (QED) is 0.664. The Bertz CT molecular complexity index is 323. The van der Waals surface area contributed by atoms with E-state index in [0.29, 0.717) is 6.54 Å². The Labute approximate surface area is 109 Å². The van der Waals surface area contributed by atoms with E-state index in [1.807, 2.05) is 19.1 Å². The molecule has 0 aliphatic rings. The maximum absolute atomic E-state index is 11.7. The summed E-state index contributed by atoms with van der Waals surface area (Å²) in [5.74, 6) is 0.792. The monoisotopic (exact) mass is 252 g/mol. The Morgan fingerprint density at radius 2 is 2.22 bits per heavy atom. The Kier molecular flexibility index (Phi) is 7.18. The van der Waals surface area contributed by atoms with Gasteiger partial charge in [-0.2, -0.15) is 0 Å². The van der Waals surface area contributed by atoms with Crippen molar-refractivity contribution < 1.29 is 9.21 Å². The second-order valence-corrected chi connectivity index (χ2v) is 4.53. The molecule has 1 rings (SSSR count). The second-order valence-electron chi connectivity index (χ2n) is 4.53. The van der Waals surface area contributed by atoms with Crippen molar-refractivity contribution in [3.05, 3.63) is 24.2 Å². The summed E-state index contributed by atoms with van der Waals surface area (Å²) in [6.07, 6.45) is 6.46. The van der Waals surface area contributed by atoms with Crippen LogP contribution in [0.5, 0.6) is 0 Å². The Balaban J connectivity index is 2.09. The van der Waals surface area contributed by atoms with Crippen LogP contribution in [0, 0.1) is 0 Å². The molecule has 2 N–H and O–H groups in total. The van der Waals surface area contributed by atoms with Gasteiger partial charge < -0.3 is 15.1 Å². The Morgan fingerprint density at radius 1 is 1.39 bits per heavy atom. The molecule has 1 atom stereocenters. The molecule has 18 heavy (non-hydrogen) atoms. The van der Waals surface area contributed by atoms with Crippen LogP contribution in [0.15, 0.2) is 22.8 Å². The molecule has 0 spiro atoms. The van der Waals surface area contributed by atoms with E-state index in [4.69, 9.17) is 4.42 Å². The van der Waals surface area contributed by atoms with E-state index in [1.165, 1.54) is 19.3 Å². The highest BCUT2D eigenvalue weighted by Crippen LogP contribution is 1.99. The molecule has 1 amide bonds. The normalized spacial score (nSPS) is 12.3. The van der Waals surface area contributed by atoms with E-state index in [0.717, 1.165) is 18.7 Å². The number of rotatable bonds is 9. The molecular weight excluding hydrogens is 228 g/mol. The van der Waals surface area contributed by atoms with E-state index in [9.17, 15) is 4.79 Å². The van der Waals surface area contributed by atoms with E-state index in [-0.39, 0.29) is 11.9 Å². The van der Waals surface area contributed by atoms with Crippen LogP contribution in [-0.4, -0.2) is 18.5 Å². The lowest BCUT2D eigenvalue weighted by Crippen LogP contribution is -2.42. The number of unbranched alkanes of at least 4 members (excludes halogenated alkanes) is 3. The smallest absolute Gasteiger partial charge is 0.237 e. The summed E-state index contributed by atoms with van der Waals surface area (Å²) in [5, 5.41) is 6.07. The lowest BCUT2D eigenvalue weighted by molar-refractivity contribution is -0.123. The van der Waals surface area contributed by atoms with Crippen molar-refractivity contribution in [3.8, 4) is 0 Å². The predicted molar refractivity (Wildman–Crippen MR) is 72.2 cm³/mol. The average molecular weight is 252 g/mol. The number of furan rings is 1. The van der Waals surface area contributed by atoms with Gasteiger partial charge in [-0.25, -0.2) is 0 Å². The molecule has 4 nitrogen and oxygen atoms in total. The first-order valence-electron chi connectivity index (χ1n) is 6.77. The molecule has 0 aliphatic carbocycles. The third kappa shape index (κ3) is 5.87. The topological polar surface area (TPSA) is 54.3 Å². The first kappa shape index (κ1) is 14.8. The Hall–Kier alpha value is -1.29. The molecule has 0 unspecified atom stereocenters. The molecule has 0 bridgehead atoms. The minimum atomic E-state index is -0.151. The summed E-state index contributed by atoms with van der Waals surface area (Å²) in [5.41, 5.74) is 0. The SMILES string of the molecule is CCCCCCN[C@H](C)C(=O)NCc1ccco1. The van der Waals surface area contributed by atoms with Gasteiger partial charge in [-0.1, -0.05) is 26.2 Å².